The molecule has 0 radical (unpaired) electrons. The Morgan fingerprint density at radius 3 is 2.38 bits per heavy atom. The molecule has 0 saturated carbocycles. The van der Waals surface area contributed by atoms with Gasteiger partial charge in [-0.05, 0) is 49.2 Å². The Labute approximate surface area is 154 Å². The van der Waals surface area contributed by atoms with Gasteiger partial charge in [0.1, 0.15) is 5.75 Å². The van der Waals surface area contributed by atoms with Crippen molar-refractivity contribution in [2.45, 2.75) is 25.7 Å². The molecule has 0 fully saturated rings. The Morgan fingerprint density at radius 2 is 1.81 bits per heavy atom. The summed E-state index contributed by atoms with van der Waals surface area (Å²) in [5.41, 5.74) is 2.33. The highest BCUT2D eigenvalue weighted by molar-refractivity contribution is 7.89. The van der Waals surface area contributed by atoms with Gasteiger partial charge in [0.2, 0.25) is 15.9 Å². The zero-order valence-electron chi connectivity index (χ0n) is 15.4. The minimum Gasteiger partial charge on any atom is -0.497 e. The van der Waals surface area contributed by atoms with E-state index >= 15 is 0 Å². The molecule has 0 saturated heterocycles. The number of methoxy groups -OCH3 is 1. The van der Waals surface area contributed by atoms with Crippen LogP contribution >= 0.6 is 0 Å². The van der Waals surface area contributed by atoms with Gasteiger partial charge in [0.25, 0.3) is 0 Å². The standard InChI is InChI=1S/C19H24N2O4S/c1-14-7-5-6-8-18(14)21(16(3)22)12-11-20-26(23,24)19-10-9-17(25-4)13-15(19)2/h5-10,13,20H,11-12H2,1-4H3. The average molecular weight is 376 g/mol. The molecule has 0 heterocycles. The molecule has 1 N–H and O–H groups in total. The van der Waals surface area contributed by atoms with E-state index < -0.39 is 10.0 Å². The molecule has 1 amide bonds. The summed E-state index contributed by atoms with van der Waals surface area (Å²) in [6.45, 7) is 5.45. The van der Waals surface area contributed by atoms with Crippen LogP contribution in [0.4, 0.5) is 5.69 Å². The van der Waals surface area contributed by atoms with Crippen molar-refractivity contribution in [1.82, 2.24) is 4.72 Å². The van der Waals surface area contributed by atoms with Crippen molar-refractivity contribution >= 4 is 21.6 Å². The average Bonchev–Trinajstić information content (AvgIpc) is 2.59. The molecule has 2 rings (SSSR count). The van der Waals surface area contributed by atoms with Crippen LogP contribution in [0, 0.1) is 13.8 Å². The van der Waals surface area contributed by atoms with Gasteiger partial charge in [-0.1, -0.05) is 18.2 Å². The molecule has 7 heteroatoms. The van der Waals surface area contributed by atoms with Gasteiger partial charge in [0.15, 0.2) is 0 Å². The SMILES string of the molecule is COc1ccc(S(=O)(=O)NCCN(C(C)=O)c2ccccc2C)c(C)c1. The minimum absolute atomic E-state index is 0.113. The van der Waals surface area contributed by atoms with Gasteiger partial charge in [0, 0.05) is 25.7 Å². The summed E-state index contributed by atoms with van der Waals surface area (Å²) in [6, 6.07) is 12.3. The maximum absolute atomic E-state index is 12.6. The van der Waals surface area contributed by atoms with Crippen molar-refractivity contribution in [1.29, 1.82) is 0 Å². The van der Waals surface area contributed by atoms with Crippen LogP contribution in [0.25, 0.3) is 0 Å². The van der Waals surface area contributed by atoms with E-state index in [-0.39, 0.29) is 23.9 Å². The summed E-state index contributed by atoms with van der Waals surface area (Å²) < 4.78 is 32.8. The molecule has 2 aromatic rings. The van der Waals surface area contributed by atoms with E-state index in [4.69, 9.17) is 4.74 Å². The smallest absolute Gasteiger partial charge is 0.240 e. The maximum Gasteiger partial charge on any atom is 0.240 e. The number of benzene rings is 2. The van der Waals surface area contributed by atoms with Crippen LogP contribution in [-0.4, -0.2) is 34.5 Å². The molecule has 0 bridgehead atoms. The number of amides is 1. The number of aryl methyl sites for hydroxylation is 2. The highest BCUT2D eigenvalue weighted by Crippen LogP contribution is 2.21. The highest BCUT2D eigenvalue weighted by atomic mass is 32.2. The zero-order valence-corrected chi connectivity index (χ0v) is 16.3. The first-order valence-corrected chi connectivity index (χ1v) is 9.72. The van der Waals surface area contributed by atoms with Crippen molar-refractivity contribution in [2.75, 3.05) is 25.1 Å². The first-order chi connectivity index (χ1) is 12.3. The summed E-state index contributed by atoms with van der Waals surface area (Å²) in [6.07, 6.45) is 0. The van der Waals surface area contributed by atoms with Crippen LogP contribution in [-0.2, 0) is 14.8 Å². The van der Waals surface area contributed by atoms with E-state index in [1.807, 2.05) is 31.2 Å². The lowest BCUT2D eigenvalue weighted by Gasteiger charge is -2.23. The number of sulfonamides is 1. The monoisotopic (exact) mass is 376 g/mol. The fourth-order valence-corrected chi connectivity index (χ4v) is 3.98. The van der Waals surface area contributed by atoms with Gasteiger partial charge in [-0.15, -0.1) is 0 Å². The van der Waals surface area contributed by atoms with Crippen molar-refractivity contribution < 1.29 is 17.9 Å². The van der Waals surface area contributed by atoms with Crippen molar-refractivity contribution in [3.63, 3.8) is 0 Å². The second kappa shape index (κ2) is 8.33. The Morgan fingerprint density at radius 1 is 1.12 bits per heavy atom. The predicted molar refractivity (Wildman–Crippen MR) is 102 cm³/mol. The second-order valence-corrected chi connectivity index (χ2v) is 7.72. The summed E-state index contributed by atoms with van der Waals surface area (Å²) in [4.78, 5) is 13.7. The molecule has 0 aromatic heterocycles. The number of carbonyl (C=O) groups excluding carboxylic acids is 1. The summed E-state index contributed by atoms with van der Waals surface area (Å²) in [5.74, 6) is 0.461. The minimum atomic E-state index is -3.67. The van der Waals surface area contributed by atoms with E-state index in [1.54, 1.807) is 24.0 Å². The topological polar surface area (TPSA) is 75.7 Å². The molecule has 0 aliphatic rings. The summed E-state index contributed by atoms with van der Waals surface area (Å²) in [5, 5.41) is 0. The van der Waals surface area contributed by atoms with Crippen molar-refractivity contribution in [3.8, 4) is 5.75 Å². The molecule has 0 atom stereocenters. The summed E-state index contributed by atoms with van der Waals surface area (Å²) in [7, 11) is -2.14. The third-order valence-electron chi connectivity index (χ3n) is 4.09. The van der Waals surface area contributed by atoms with Crippen LogP contribution in [0.3, 0.4) is 0 Å². The molecule has 0 unspecified atom stereocenters. The highest BCUT2D eigenvalue weighted by Gasteiger charge is 2.19. The number of rotatable bonds is 7. The number of carbonyl (C=O) groups is 1. The molecule has 0 aliphatic heterocycles. The molecule has 26 heavy (non-hydrogen) atoms. The first kappa shape index (κ1) is 19.9. The van der Waals surface area contributed by atoms with Gasteiger partial charge in [-0.25, -0.2) is 13.1 Å². The lowest BCUT2D eigenvalue weighted by Crippen LogP contribution is -2.38. The van der Waals surface area contributed by atoms with Gasteiger partial charge in [-0.3, -0.25) is 4.79 Å². The zero-order chi connectivity index (χ0) is 19.3. The van der Waals surface area contributed by atoms with E-state index in [0.717, 1.165) is 11.3 Å². The number of ether oxygens (including phenoxy) is 1. The fraction of sp³-hybridized carbons (Fsp3) is 0.316. The maximum atomic E-state index is 12.6. The molecular weight excluding hydrogens is 352 g/mol. The van der Waals surface area contributed by atoms with Gasteiger partial charge >= 0.3 is 0 Å². The Hall–Kier alpha value is -2.38. The van der Waals surface area contributed by atoms with Crippen molar-refractivity contribution in [3.05, 3.63) is 53.6 Å². The second-order valence-electron chi connectivity index (χ2n) is 5.99. The molecule has 140 valence electrons. The lowest BCUT2D eigenvalue weighted by atomic mass is 10.2. The van der Waals surface area contributed by atoms with E-state index in [0.29, 0.717) is 11.3 Å². The molecule has 6 nitrogen and oxygen atoms in total. The molecule has 0 spiro atoms. The van der Waals surface area contributed by atoms with E-state index in [2.05, 4.69) is 4.72 Å². The van der Waals surface area contributed by atoms with Crippen LogP contribution < -0.4 is 14.4 Å². The third kappa shape index (κ3) is 4.62. The lowest BCUT2D eigenvalue weighted by molar-refractivity contribution is -0.116. The number of para-hydroxylation sites is 1. The normalized spacial score (nSPS) is 11.2. The molecule has 0 aliphatic carbocycles. The Balaban J connectivity index is 2.11. The molecule has 2 aromatic carbocycles. The number of anilines is 1. The van der Waals surface area contributed by atoms with E-state index in [9.17, 15) is 13.2 Å². The Kier molecular flexibility index (Phi) is 6.39. The first-order valence-electron chi connectivity index (χ1n) is 8.24. The number of hydrogen-bond acceptors (Lipinski definition) is 4. The van der Waals surface area contributed by atoms with Crippen LogP contribution in [0.5, 0.6) is 5.75 Å². The largest absolute Gasteiger partial charge is 0.497 e. The fourth-order valence-electron chi connectivity index (χ4n) is 2.73. The number of nitrogens with zero attached hydrogens (tertiary/aromatic N) is 1. The predicted octanol–water partition coefficient (Wildman–Crippen LogP) is 2.64. The number of hydrogen-bond donors (Lipinski definition) is 1. The molecular formula is C19H24N2O4S. The van der Waals surface area contributed by atoms with Gasteiger partial charge in [-0.2, -0.15) is 0 Å². The van der Waals surface area contributed by atoms with Gasteiger partial charge < -0.3 is 9.64 Å². The van der Waals surface area contributed by atoms with Crippen LogP contribution in [0.1, 0.15) is 18.1 Å². The quantitative estimate of drug-likeness (QED) is 0.806. The van der Waals surface area contributed by atoms with Crippen molar-refractivity contribution in [2.24, 2.45) is 0 Å². The Bertz CT molecular complexity index is 894. The van der Waals surface area contributed by atoms with Gasteiger partial charge in [0.05, 0.1) is 12.0 Å². The third-order valence-corrected chi connectivity index (χ3v) is 5.71. The number of nitrogens with one attached hydrogen (secondary N) is 1. The summed E-state index contributed by atoms with van der Waals surface area (Å²) >= 11 is 0. The van der Waals surface area contributed by atoms with Crippen LogP contribution in [0.15, 0.2) is 47.4 Å². The van der Waals surface area contributed by atoms with Crippen LogP contribution in [0.2, 0.25) is 0 Å². The van der Waals surface area contributed by atoms with E-state index in [1.165, 1.54) is 20.1 Å².